The van der Waals surface area contributed by atoms with Crippen molar-refractivity contribution in [1.29, 1.82) is 0 Å². The average molecular weight is 473 g/mol. The Bertz CT molecular complexity index is 1390. The Labute approximate surface area is 199 Å². The number of anilines is 1. The number of hydrogen-bond acceptors (Lipinski definition) is 8. The van der Waals surface area contributed by atoms with Crippen molar-refractivity contribution in [2.24, 2.45) is 0 Å². The highest BCUT2D eigenvalue weighted by molar-refractivity contribution is 6.23. The maximum Gasteiger partial charge on any atom is 0.262 e. The molecule has 2 aliphatic heterocycles. The summed E-state index contributed by atoms with van der Waals surface area (Å²) in [4.78, 5) is 63.6. The topological polar surface area (TPSA) is 139 Å². The molecular formula is C24H23N7O4. The van der Waals surface area contributed by atoms with Gasteiger partial charge in [-0.15, -0.1) is 0 Å². The average Bonchev–Trinajstić information content (AvgIpc) is 3.55. The standard InChI is InChI=1S/C24H23N7O4/c32-18-8-7-17(22(33)29-18)31-23(34)15-6-3-13(10-16(15)24(31)35)2-1-9-25-20-19-21(27-11-26-20)30(12-28-19)14-4-5-14/h3,6,10-12,14,17H,1-2,4-5,7-9H2,(H,25,26,27)(H,29,32,33). The Morgan fingerprint density at radius 3 is 2.63 bits per heavy atom. The quantitative estimate of drug-likeness (QED) is 0.390. The van der Waals surface area contributed by atoms with Crippen molar-refractivity contribution in [1.82, 2.24) is 29.7 Å². The van der Waals surface area contributed by atoms with Gasteiger partial charge in [-0.25, -0.2) is 15.0 Å². The number of nitrogens with one attached hydrogen (secondary N) is 2. The van der Waals surface area contributed by atoms with E-state index >= 15 is 0 Å². The number of carbonyl (C=O) groups excluding carboxylic acids is 4. The minimum absolute atomic E-state index is 0.0987. The van der Waals surface area contributed by atoms with E-state index in [1.165, 1.54) is 0 Å². The maximum absolute atomic E-state index is 13.0. The minimum Gasteiger partial charge on any atom is -0.368 e. The summed E-state index contributed by atoms with van der Waals surface area (Å²) < 4.78 is 2.10. The second kappa shape index (κ2) is 8.26. The highest BCUT2D eigenvalue weighted by atomic mass is 16.2. The predicted octanol–water partition coefficient (Wildman–Crippen LogP) is 1.61. The molecule has 0 radical (unpaired) electrons. The normalized spacial score (nSPS) is 19.9. The molecule has 4 heterocycles. The second-order valence-electron chi connectivity index (χ2n) is 9.13. The summed E-state index contributed by atoms with van der Waals surface area (Å²) in [6, 6.07) is 4.73. The third-order valence-corrected chi connectivity index (χ3v) is 6.74. The molecule has 3 aromatic rings. The minimum atomic E-state index is -0.958. The zero-order valence-electron chi connectivity index (χ0n) is 18.9. The number of rotatable bonds is 7. The summed E-state index contributed by atoms with van der Waals surface area (Å²) in [5.41, 5.74) is 3.11. The number of nitrogens with zero attached hydrogens (tertiary/aromatic N) is 5. The first-order chi connectivity index (χ1) is 17.0. The van der Waals surface area contributed by atoms with Gasteiger partial charge in [-0.3, -0.25) is 29.4 Å². The predicted molar refractivity (Wildman–Crippen MR) is 124 cm³/mol. The first-order valence-electron chi connectivity index (χ1n) is 11.8. The van der Waals surface area contributed by atoms with Crippen molar-refractivity contribution in [3.05, 3.63) is 47.5 Å². The van der Waals surface area contributed by atoms with Gasteiger partial charge in [0.05, 0.1) is 17.5 Å². The molecule has 1 saturated carbocycles. The summed E-state index contributed by atoms with van der Waals surface area (Å²) in [5.74, 6) is -1.29. The lowest BCUT2D eigenvalue weighted by Crippen LogP contribution is -2.54. The van der Waals surface area contributed by atoms with Crippen molar-refractivity contribution in [2.75, 3.05) is 11.9 Å². The van der Waals surface area contributed by atoms with Crippen molar-refractivity contribution in [2.45, 2.75) is 50.6 Å². The van der Waals surface area contributed by atoms with Gasteiger partial charge in [-0.05, 0) is 49.8 Å². The smallest absolute Gasteiger partial charge is 0.262 e. The molecule has 4 amide bonds. The molecule has 11 heteroatoms. The SMILES string of the molecule is O=C1CCC(N2C(=O)c3ccc(CCCNc4ncnc5c4ncn5C4CC4)cc3C2=O)C(=O)N1. The molecule has 1 saturated heterocycles. The first kappa shape index (κ1) is 21.4. The van der Waals surface area contributed by atoms with Crippen LogP contribution in [0.4, 0.5) is 5.82 Å². The molecule has 0 bridgehead atoms. The zero-order valence-corrected chi connectivity index (χ0v) is 18.9. The van der Waals surface area contributed by atoms with Crippen LogP contribution in [0.1, 0.15) is 64.4 Å². The van der Waals surface area contributed by atoms with Crippen LogP contribution < -0.4 is 10.6 Å². The van der Waals surface area contributed by atoms with Gasteiger partial charge in [0, 0.05) is 19.0 Å². The summed E-state index contributed by atoms with van der Waals surface area (Å²) in [7, 11) is 0. The van der Waals surface area contributed by atoms with Gasteiger partial charge >= 0.3 is 0 Å². The second-order valence-corrected chi connectivity index (χ2v) is 9.13. The Balaban J connectivity index is 1.10. The van der Waals surface area contributed by atoms with E-state index in [9.17, 15) is 19.2 Å². The Morgan fingerprint density at radius 2 is 1.83 bits per heavy atom. The summed E-state index contributed by atoms with van der Waals surface area (Å²) in [6.45, 7) is 0.648. The molecule has 1 unspecified atom stereocenters. The van der Waals surface area contributed by atoms with Crippen LogP contribution in [0, 0.1) is 0 Å². The van der Waals surface area contributed by atoms with Crippen LogP contribution in [0.3, 0.4) is 0 Å². The number of amides is 4. The van der Waals surface area contributed by atoms with E-state index in [0.717, 1.165) is 40.9 Å². The molecule has 2 fully saturated rings. The van der Waals surface area contributed by atoms with Gasteiger partial charge in [0.15, 0.2) is 11.5 Å². The molecule has 3 aliphatic rings. The molecule has 0 spiro atoms. The van der Waals surface area contributed by atoms with Gasteiger partial charge in [0.1, 0.15) is 17.9 Å². The van der Waals surface area contributed by atoms with Gasteiger partial charge < -0.3 is 9.88 Å². The molecule has 178 valence electrons. The lowest BCUT2D eigenvalue weighted by atomic mass is 10.0. The number of imidazole rings is 1. The number of aryl methyl sites for hydroxylation is 1. The summed E-state index contributed by atoms with van der Waals surface area (Å²) in [5, 5.41) is 5.54. The zero-order chi connectivity index (χ0) is 24.1. The van der Waals surface area contributed by atoms with Crippen LogP contribution in [0.15, 0.2) is 30.9 Å². The van der Waals surface area contributed by atoms with Crippen LogP contribution in [0.2, 0.25) is 0 Å². The third kappa shape index (κ3) is 3.72. The molecule has 1 aromatic carbocycles. The molecule has 6 rings (SSSR count). The molecule has 1 atom stereocenters. The molecule has 2 aromatic heterocycles. The number of imide groups is 2. The number of aromatic nitrogens is 4. The lowest BCUT2D eigenvalue weighted by molar-refractivity contribution is -0.136. The van der Waals surface area contributed by atoms with E-state index in [-0.39, 0.29) is 18.4 Å². The van der Waals surface area contributed by atoms with E-state index in [0.29, 0.717) is 30.4 Å². The molecular weight excluding hydrogens is 450 g/mol. The Morgan fingerprint density at radius 1 is 1.00 bits per heavy atom. The fourth-order valence-corrected chi connectivity index (χ4v) is 4.77. The van der Waals surface area contributed by atoms with Gasteiger partial charge in [-0.1, -0.05) is 6.07 Å². The van der Waals surface area contributed by atoms with Crippen molar-refractivity contribution < 1.29 is 19.2 Å². The number of fused-ring (bicyclic) bond motifs is 2. The number of hydrogen-bond donors (Lipinski definition) is 2. The van der Waals surface area contributed by atoms with Gasteiger partial charge in [-0.2, -0.15) is 0 Å². The third-order valence-electron chi connectivity index (χ3n) is 6.74. The van der Waals surface area contributed by atoms with E-state index in [2.05, 4.69) is 30.2 Å². The summed E-state index contributed by atoms with van der Waals surface area (Å²) >= 11 is 0. The van der Waals surface area contributed by atoms with E-state index < -0.39 is 29.7 Å². The number of benzene rings is 1. The maximum atomic E-state index is 13.0. The van der Waals surface area contributed by atoms with E-state index in [1.807, 2.05) is 12.4 Å². The molecule has 11 nitrogen and oxygen atoms in total. The highest BCUT2D eigenvalue weighted by Crippen LogP contribution is 2.37. The van der Waals surface area contributed by atoms with Crippen LogP contribution in [0.5, 0.6) is 0 Å². The lowest BCUT2D eigenvalue weighted by Gasteiger charge is -2.27. The van der Waals surface area contributed by atoms with Crippen LogP contribution >= 0.6 is 0 Å². The summed E-state index contributed by atoms with van der Waals surface area (Å²) in [6.07, 6.45) is 7.37. The van der Waals surface area contributed by atoms with Crippen LogP contribution in [-0.4, -0.2) is 60.6 Å². The highest BCUT2D eigenvalue weighted by Gasteiger charge is 2.44. The molecule has 35 heavy (non-hydrogen) atoms. The molecule has 1 aliphatic carbocycles. The fourth-order valence-electron chi connectivity index (χ4n) is 4.77. The van der Waals surface area contributed by atoms with E-state index in [1.54, 1.807) is 18.5 Å². The first-order valence-corrected chi connectivity index (χ1v) is 11.8. The van der Waals surface area contributed by atoms with Crippen molar-refractivity contribution >= 4 is 40.6 Å². The van der Waals surface area contributed by atoms with Gasteiger partial charge in [0.25, 0.3) is 11.8 Å². The Kier molecular flexibility index (Phi) is 5.05. The van der Waals surface area contributed by atoms with Crippen LogP contribution in [-0.2, 0) is 16.0 Å². The Hall–Kier alpha value is -4.15. The largest absolute Gasteiger partial charge is 0.368 e. The van der Waals surface area contributed by atoms with Crippen molar-refractivity contribution in [3.63, 3.8) is 0 Å². The van der Waals surface area contributed by atoms with Crippen LogP contribution in [0.25, 0.3) is 11.2 Å². The monoisotopic (exact) mass is 473 g/mol. The van der Waals surface area contributed by atoms with Gasteiger partial charge in [0.2, 0.25) is 11.8 Å². The fraction of sp³-hybridized carbons (Fsp3) is 0.375. The van der Waals surface area contributed by atoms with Crippen molar-refractivity contribution in [3.8, 4) is 0 Å². The number of carbonyl (C=O) groups is 4. The van der Waals surface area contributed by atoms with E-state index in [4.69, 9.17) is 0 Å². The number of piperidine rings is 1. The molecule has 2 N–H and O–H groups in total.